The second-order valence-electron chi connectivity index (χ2n) is 5.90. The SMILES string of the molecule is COC(=O)C(CNc1cc(Br)cnc1N)N1CC2(COC2)C1. The number of pyridine rings is 1. The van der Waals surface area contributed by atoms with Crippen molar-refractivity contribution in [2.45, 2.75) is 6.04 Å². The number of rotatable bonds is 5. The molecule has 22 heavy (non-hydrogen) atoms. The Kier molecular flexibility index (Phi) is 4.24. The summed E-state index contributed by atoms with van der Waals surface area (Å²) in [5, 5.41) is 3.19. The Labute approximate surface area is 137 Å². The highest BCUT2D eigenvalue weighted by atomic mass is 79.9. The molecule has 1 aromatic heterocycles. The van der Waals surface area contributed by atoms with Gasteiger partial charge in [0, 0.05) is 35.7 Å². The van der Waals surface area contributed by atoms with Crippen molar-refractivity contribution in [2.75, 3.05) is 51.0 Å². The first-order valence-electron chi connectivity index (χ1n) is 7.07. The average Bonchev–Trinajstić information content (AvgIpc) is 2.41. The summed E-state index contributed by atoms with van der Waals surface area (Å²) < 4.78 is 11.0. The number of nitrogen functional groups attached to an aromatic ring is 1. The molecule has 1 aromatic rings. The number of nitrogens with two attached hydrogens (primary N) is 1. The highest BCUT2D eigenvalue weighted by molar-refractivity contribution is 9.10. The van der Waals surface area contributed by atoms with E-state index in [1.54, 1.807) is 6.20 Å². The number of hydrogen-bond donors (Lipinski definition) is 2. The number of carbonyl (C=O) groups is 1. The summed E-state index contributed by atoms with van der Waals surface area (Å²) in [6.07, 6.45) is 1.63. The van der Waals surface area contributed by atoms with Gasteiger partial charge in [0.15, 0.2) is 0 Å². The molecule has 1 unspecified atom stereocenters. The Morgan fingerprint density at radius 1 is 1.64 bits per heavy atom. The minimum absolute atomic E-state index is 0.246. The van der Waals surface area contributed by atoms with Gasteiger partial charge in [-0.25, -0.2) is 4.98 Å². The lowest BCUT2D eigenvalue weighted by Crippen LogP contribution is -2.70. The highest BCUT2D eigenvalue weighted by Gasteiger charge is 2.52. The summed E-state index contributed by atoms with van der Waals surface area (Å²) in [5.41, 5.74) is 6.79. The molecule has 0 saturated carbocycles. The molecule has 2 fully saturated rings. The van der Waals surface area contributed by atoms with Crippen LogP contribution in [-0.2, 0) is 14.3 Å². The minimum atomic E-state index is -0.338. The van der Waals surface area contributed by atoms with Gasteiger partial charge in [-0.2, -0.15) is 0 Å². The van der Waals surface area contributed by atoms with E-state index in [4.69, 9.17) is 15.2 Å². The largest absolute Gasteiger partial charge is 0.468 e. The molecule has 0 radical (unpaired) electrons. The standard InChI is InChI=1S/C14H19BrN4O3/c1-21-13(20)11(19-5-14(6-19)7-22-8-14)4-17-10-2-9(15)3-18-12(10)16/h2-3,11,17H,4-8H2,1H3,(H2,16,18). The summed E-state index contributed by atoms with van der Waals surface area (Å²) >= 11 is 3.36. The van der Waals surface area contributed by atoms with Crippen LogP contribution in [0, 0.1) is 5.41 Å². The molecule has 2 aliphatic rings. The first-order valence-corrected chi connectivity index (χ1v) is 7.87. The van der Waals surface area contributed by atoms with Crippen LogP contribution in [0.2, 0.25) is 0 Å². The van der Waals surface area contributed by atoms with Gasteiger partial charge < -0.3 is 20.5 Å². The first kappa shape index (κ1) is 15.5. The smallest absolute Gasteiger partial charge is 0.324 e. The molecule has 7 nitrogen and oxygen atoms in total. The fourth-order valence-electron chi connectivity index (χ4n) is 2.90. The predicted molar refractivity (Wildman–Crippen MR) is 85.5 cm³/mol. The average molecular weight is 371 g/mol. The van der Waals surface area contributed by atoms with Gasteiger partial charge in [-0.1, -0.05) is 0 Å². The number of hydrogen-bond acceptors (Lipinski definition) is 7. The van der Waals surface area contributed by atoms with Crippen molar-refractivity contribution in [1.82, 2.24) is 9.88 Å². The van der Waals surface area contributed by atoms with Crippen LogP contribution in [0.1, 0.15) is 0 Å². The number of esters is 1. The van der Waals surface area contributed by atoms with Gasteiger partial charge in [0.2, 0.25) is 0 Å². The van der Waals surface area contributed by atoms with Crippen LogP contribution in [0.4, 0.5) is 11.5 Å². The van der Waals surface area contributed by atoms with E-state index in [1.165, 1.54) is 7.11 Å². The second kappa shape index (κ2) is 6.02. The van der Waals surface area contributed by atoms with E-state index in [9.17, 15) is 4.79 Å². The summed E-state index contributed by atoms with van der Waals surface area (Å²) in [7, 11) is 1.41. The predicted octanol–water partition coefficient (Wildman–Crippen LogP) is 0.712. The van der Waals surface area contributed by atoms with Crippen LogP contribution in [0.25, 0.3) is 0 Å². The fraction of sp³-hybridized carbons (Fsp3) is 0.571. The third-order valence-corrected chi connectivity index (χ3v) is 4.61. The number of halogens is 1. The Hall–Kier alpha value is -1.38. The number of aromatic nitrogens is 1. The van der Waals surface area contributed by atoms with E-state index in [2.05, 4.69) is 31.1 Å². The van der Waals surface area contributed by atoms with Crippen molar-refractivity contribution < 1.29 is 14.3 Å². The van der Waals surface area contributed by atoms with E-state index in [-0.39, 0.29) is 17.4 Å². The van der Waals surface area contributed by atoms with E-state index in [0.717, 1.165) is 30.8 Å². The molecule has 120 valence electrons. The number of carbonyl (C=O) groups excluding carboxylic acids is 1. The van der Waals surface area contributed by atoms with E-state index in [0.29, 0.717) is 18.1 Å². The fourth-order valence-corrected chi connectivity index (χ4v) is 3.24. The summed E-state index contributed by atoms with van der Waals surface area (Å²) in [5.74, 6) is 0.156. The van der Waals surface area contributed by atoms with Gasteiger partial charge >= 0.3 is 5.97 Å². The molecule has 0 amide bonds. The zero-order valence-corrected chi connectivity index (χ0v) is 13.9. The van der Waals surface area contributed by atoms with Gasteiger partial charge in [-0.3, -0.25) is 9.69 Å². The molecule has 1 spiro atoms. The molecule has 8 heteroatoms. The lowest BCUT2D eigenvalue weighted by atomic mass is 9.77. The number of nitrogens with one attached hydrogen (secondary N) is 1. The van der Waals surface area contributed by atoms with Crippen molar-refractivity contribution in [3.63, 3.8) is 0 Å². The van der Waals surface area contributed by atoms with E-state index < -0.39 is 0 Å². The Morgan fingerprint density at radius 2 is 2.36 bits per heavy atom. The molecule has 3 N–H and O–H groups in total. The van der Waals surface area contributed by atoms with Gasteiger partial charge in [0.1, 0.15) is 11.9 Å². The van der Waals surface area contributed by atoms with E-state index >= 15 is 0 Å². The maximum absolute atomic E-state index is 12.0. The van der Waals surface area contributed by atoms with Crippen molar-refractivity contribution in [3.05, 3.63) is 16.7 Å². The van der Waals surface area contributed by atoms with Crippen molar-refractivity contribution in [2.24, 2.45) is 5.41 Å². The maximum atomic E-state index is 12.0. The number of nitrogens with zero attached hydrogens (tertiary/aromatic N) is 2. The topological polar surface area (TPSA) is 89.7 Å². The van der Waals surface area contributed by atoms with Crippen molar-refractivity contribution in [1.29, 1.82) is 0 Å². The number of anilines is 2. The Bertz CT molecular complexity index is 571. The molecule has 0 bridgehead atoms. The number of methoxy groups -OCH3 is 1. The van der Waals surface area contributed by atoms with Gasteiger partial charge in [0.05, 0.1) is 26.0 Å². The molecule has 0 aromatic carbocycles. The third-order valence-electron chi connectivity index (χ3n) is 4.18. The zero-order chi connectivity index (χ0) is 15.7. The molecule has 1 atom stereocenters. The first-order chi connectivity index (χ1) is 10.5. The summed E-state index contributed by atoms with van der Waals surface area (Å²) in [4.78, 5) is 18.2. The Morgan fingerprint density at radius 3 is 2.95 bits per heavy atom. The van der Waals surface area contributed by atoms with Gasteiger partial charge in [0.25, 0.3) is 0 Å². The second-order valence-corrected chi connectivity index (χ2v) is 6.82. The molecular formula is C14H19BrN4O3. The quantitative estimate of drug-likeness (QED) is 0.737. The van der Waals surface area contributed by atoms with Crippen molar-refractivity contribution in [3.8, 4) is 0 Å². The zero-order valence-electron chi connectivity index (χ0n) is 12.3. The molecule has 2 aliphatic heterocycles. The monoisotopic (exact) mass is 370 g/mol. The summed E-state index contributed by atoms with van der Waals surface area (Å²) in [6.45, 7) is 3.72. The van der Waals surface area contributed by atoms with Crippen LogP contribution in [0.15, 0.2) is 16.7 Å². The van der Waals surface area contributed by atoms with Crippen LogP contribution < -0.4 is 11.1 Å². The molecule has 2 saturated heterocycles. The van der Waals surface area contributed by atoms with Gasteiger partial charge in [-0.15, -0.1) is 0 Å². The van der Waals surface area contributed by atoms with E-state index in [1.807, 2.05) is 6.07 Å². The highest BCUT2D eigenvalue weighted by Crippen LogP contribution is 2.38. The van der Waals surface area contributed by atoms with Crippen LogP contribution >= 0.6 is 15.9 Å². The summed E-state index contributed by atoms with van der Waals surface area (Å²) in [6, 6.07) is 1.50. The molecular weight excluding hydrogens is 352 g/mol. The molecule has 3 rings (SSSR count). The van der Waals surface area contributed by atoms with Crippen LogP contribution in [-0.4, -0.2) is 61.9 Å². The lowest BCUT2D eigenvalue weighted by molar-refractivity contribution is -0.202. The molecule has 0 aliphatic carbocycles. The maximum Gasteiger partial charge on any atom is 0.324 e. The van der Waals surface area contributed by atoms with Crippen LogP contribution in [0.5, 0.6) is 0 Å². The molecule has 3 heterocycles. The normalized spacial score (nSPS) is 20.8. The lowest BCUT2D eigenvalue weighted by Gasteiger charge is -2.56. The number of likely N-dealkylation sites (tertiary alicyclic amines) is 1. The number of ether oxygens (including phenoxy) is 2. The third kappa shape index (κ3) is 2.90. The minimum Gasteiger partial charge on any atom is -0.468 e. The Balaban J connectivity index is 1.63. The van der Waals surface area contributed by atoms with Crippen molar-refractivity contribution >= 4 is 33.4 Å². The van der Waals surface area contributed by atoms with Gasteiger partial charge in [-0.05, 0) is 22.0 Å². The van der Waals surface area contributed by atoms with Crippen LogP contribution in [0.3, 0.4) is 0 Å².